The summed E-state index contributed by atoms with van der Waals surface area (Å²) in [4.78, 5) is 16.8. The molecular weight excluding hydrogens is 327 g/mol. The molecule has 7 heteroatoms. The molecule has 5 nitrogen and oxygen atoms in total. The van der Waals surface area contributed by atoms with E-state index in [-0.39, 0.29) is 12.2 Å². The number of carbonyl (C=O) groups is 1. The van der Waals surface area contributed by atoms with Gasteiger partial charge in [0.05, 0.1) is 27.9 Å². The van der Waals surface area contributed by atoms with E-state index in [1.807, 2.05) is 0 Å². The summed E-state index contributed by atoms with van der Waals surface area (Å²) >= 11 is 11.9. The number of Topliss-reactive ketones (excluding diaryl/α,β-unsaturated/α-hetero) is 1. The zero-order chi connectivity index (χ0) is 15.9. The van der Waals surface area contributed by atoms with E-state index in [9.17, 15) is 4.79 Å². The van der Waals surface area contributed by atoms with E-state index in [0.29, 0.717) is 34.3 Å². The lowest BCUT2D eigenvalue weighted by molar-refractivity contribution is -0.118. The Morgan fingerprint density at radius 3 is 2.73 bits per heavy atom. The summed E-state index contributed by atoms with van der Waals surface area (Å²) in [6, 6.07) is 6.83. The predicted molar refractivity (Wildman–Crippen MR) is 84.5 cm³/mol. The Hall–Kier alpha value is -1.85. The number of benzene rings is 1. The smallest absolute Gasteiger partial charge is 0.139 e. The van der Waals surface area contributed by atoms with Crippen molar-refractivity contribution in [3.63, 3.8) is 0 Å². The molecule has 0 bridgehead atoms. The van der Waals surface area contributed by atoms with Crippen LogP contribution in [-0.2, 0) is 16.1 Å². The molecule has 1 aromatic heterocycles. The number of oxime groups is 1. The molecule has 0 saturated heterocycles. The molecule has 22 heavy (non-hydrogen) atoms. The predicted octanol–water partition coefficient (Wildman–Crippen LogP) is 3.92. The zero-order valence-corrected chi connectivity index (χ0v) is 13.4. The highest BCUT2D eigenvalue weighted by Crippen LogP contribution is 2.23. The number of nitrogens with zero attached hydrogens (tertiary/aromatic N) is 2. The summed E-state index contributed by atoms with van der Waals surface area (Å²) < 4.78 is 4.70. The van der Waals surface area contributed by atoms with Crippen molar-refractivity contribution in [1.29, 1.82) is 0 Å². The molecule has 0 aliphatic carbocycles. The van der Waals surface area contributed by atoms with Crippen molar-refractivity contribution in [2.24, 2.45) is 5.16 Å². The van der Waals surface area contributed by atoms with Gasteiger partial charge in [-0.15, -0.1) is 0 Å². The van der Waals surface area contributed by atoms with Crippen LogP contribution in [-0.4, -0.2) is 23.8 Å². The third-order valence-electron chi connectivity index (χ3n) is 2.96. The van der Waals surface area contributed by atoms with Crippen LogP contribution >= 0.6 is 23.2 Å². The van der Waals surface area contributed by atoms with Crippen molar-refractivity contribution in [2.75, 3.05) is 7.11 Å². The highest BCUT2D eigenvalue weighted by molar-refractivity contribution is 6.42. The molecule has 0 fully saturated rings. The van der Waals surface area contributed by atoms with Gasteiger partial charge in [-0.3, -0.25) is 4.79 Å². The summed E-state index contributed by atoms with van der Waals surface area (Å²) in [6.45, 7) is 0. The Kier molecular flexibility index (Phi) is 5.98. The van der Waals surface area contributed by atoms with Crippen LogP contribution in [0.3, 0.4) is 0 Å². The van der Waals surface area contributed by atoms with Gasteiger partial charge in [-0.1, -0.05) is 39.6 Å². The van der Waals surface area contributed by atoms with E-state index in [1.165, 1.54) is 13.4 Å². The Morgan fingerprint density at radius 2 is 2.09 bits per heavy atom. The number of ketones is 1. The second kappa shape index (κ2) is 7.96. The fraction of sp³-hybridized carbons (Fsp3) is 0.267. The maximum atomic E-state index is 11.9. The Labute approximate surface area is 137 Å². The van der Waals surface area contributed by atoms with Crippen molar-refractivity contribution >= 4 is 34.7 Å². The number of aromatic nitrogens is 1. The van der Waals surface area contributed by atoms with E-state index in [1.54, 1.807) is 24.3 Å². The average molecular weight is 341 g/mol. The number of hydrogen-bond donors (Lipinski definition) is 0. The molecule has 0 aliphatic heterocycles. The maximum absolute atomic E-state index is 11.9. The lowest BCUT2D eigenvalue weighted by Gasteiger charge is -2.07. The van der Waals surface area contributed by atoms with Crippen LogP contribution < -0.4 is 0 Å². The number of hydrogen-bond acceptors (Lipinski definition) is 5. The van der Waals surface area contributed by atoms with Crippen LogP contribution in [0.2, 0.25) is 10.0 Å². The van der Waals surface area contributed by atoms with Gasteiger partial charge < -0.3 is 9.36 Å². The molecule has 0 saturated carbocycles. The van der Waals surface area contributed by atoms with Crippen LogP contribution in [0.4, 0.5) is 0 Å². The van der Waals surface area contributed by atoms with Crippen LogP contribution in [0.5, 0.6) is 0 Å². The molecule has 2 rings (SSSR count). The van der Waals surface area contributed by atoms with Gasteiger partial charge in [-0.05, 0) is 12.1 Å². The van der Waals surface area contributed by atoms with Crippen LogP contribution in [0.15, 0.2) is 40.2 Å². The highest BCUT2D eigenvalue weighted by Gasteiger charge is 2.12. The molecule has 0 amide bonds. The molecule has 0 unspecified atom stereocenters. The standard InChI is InChI=1S/C15H14Cl2N2O3/c1-21-19-15(10-2-4-13(16)14(17)8-10)5-3-12(20)9-11-6-7-22-18-11/h2,4,6-8H,3,5,9H2,1H3/b19-15+. The Balaban J connectivity index is 2.01. The first-order chi connectivity index (χ1) is 10.6. The zero-order valence-electron chi connectivity index (χ0n) is 11.9. The molecule has 0 atom stereocenters. The van der Waals surface area contributed by atoms with E-state index < -0.39 is 0 Å². The van der Waals surface area contributed by atoms with E-state index in [4.69, 9.17) is 32.6 Å². The molecule has 1 aromatic carbocycles. The third kappa shape index (κ3) is 4.58. The van der Waals surface area contributed by atoms with Gasteiger partial charge in [0.25, 0.3) is 0 Å². The minimum atomic E-state index is 0.0396. The van der Waals surface area contributed by atoms with Gasteiger partial charge in [0.15, 0.2) is 0 Å². The van der Waals surface area contributed by atoms with Gasteiger partial charge >= 0.3 is 0 Å². The summed E-state index contributed by atoms with van der Waals surface area (Å²) in [5, 5.41) is 8.57. The molecule has 0 aliphatic rings. The molecular formula is C15H14Cl2N2O3. The lowest BCUT2D eigenvalue weighted by Crippen LogP contribution is -2.09. The highest BCUT2D eigenvalue weighted by atomic mass is 35.5. The summed E-state index contributed by atoms with van der Waals surface area (Å²) in [5.74, 6) is 0.0396. The topological polar surface area (TPSA) is 64.7 Å². The largest absolute Gasteiger partial charge is 0.399 e. The summed E-state index contributed by atoms with van der Waals surface area (Å²) in [6.07, 6.45) is 2.42. The SMILES string of the molecule is CO/N=C(\CCC(=O)Cc1ccon1)c1ccc(Cl)c(Cl)c1. The molecule has 2 aromatic rings. The quantitative estimate of drug-likeness (QED) is 0.565. The van der Waals surface area contributed by atoms with E-state index >= 15 is 0 Å². The first-order valence-corrected chi connectivity index (χ1v) is 7.32. The molecule has 0 N–H and O–H groups in total. The van der Waals surface area contributed by atoms with Crippen LogP contribution in [0.1, 0.15) is 24.1 Å². The minimum Gasteiger partial charge on any atom is -0.399 e. The first-order valence-electron chi connectivity index (χ1n) is 6.56. The first kappa shape index (κ1) is 16.5. The summed E-state index contributed by atoms with van der Waals surface area (Å²) in [5.41, 5.74) is 2.02. The van der Waals surface area contributed by atoms with Gasteiger partial charge in [-0.25, -0.2) is 0 Å². The van der Waals surface area contributed by atoms with Crippen LogP contribution in [0, 0.1) is 0 Å². The lowest BCUT2D eigenvalue weighted by atomic mass is 10.0. The monoisotopic (exact) mass is 340 g/mol. The fourth-order valence-electron chi connectivity index (χ4n) is 1.91. The molecule has 0 radical (unpaired) electrons. The van der Waals surface area contributed by atoms with Crippen molar-refractivity contribution < 1.29 is 14.2 Å². The van der Waals surface area contributed by atoms with Crippen molar-refractivity contribution in [1.82, 2.24) is 5.16 Å². The van der Waals surface area contributed by atoms with Gasteiger partial charge in [0.2, 0.25) is 0 Å². The van der Waals surface area contributed by atoms with Gasteiger partial charge in [0.1, 0.15) is 19.2 Å². The minimum absolute atomic E-state index is 0.0396. The summed E-state index contributed by atoms with van der Waals surface area (Å²) in [7, 11) is 1.45. The normalized spacial score (nSPS) is 11.5. The second-order valence-corrected chi connectivity index (χ2v) is 5.37. The van der Waals surface area contributed by atoms with Crippen LogP contribution in [0.25, 0.3) is 0 Å². The van der Waals surface area contributed by atoms with Gasteiger partial charge in [0, 0.05) is 24.5 Å². The van der Waals surface area contributed by atoms with Gasteiger partial charge in [-0.2, -0.15) is 0 Å². The van der Waals surface area contributed by atoms with E-state index in [0.717, 1.165) is 5.56 Å². The molecule has 116 valence electrons. The van der Waals surface area contributed by atoms with Crippen molar-refractivity contribution in [3.05, 3.63) is 51.8 Å². The Bertz CT molecular complexity index is 669. The average Bonchev–Trinajstić information content (AvgIpc) is 2.99. The molecule has 0 spiro atoms. The number of halogens is 2. The second-order valence-electron chi connectivity index (χ2n) is 4.56. The third-order valence-corrected chi connectivity index (χ3v) is 3.70. The van der Waals surface area contributed by atoms with Crippen molar-refractivity contribution in [2.45, 2.75) is 19.3 Å². The number of rotatable bonds is 7. The fourth-order valence-corrected chi connectivity index (χ4v) is 2.20. The molecule has 1 heterocycles. The van der Waals surface area contributed by atoms with Crippen molar-refractivity contribution in [3.8, 4) is 0 Å². The van der Waals surface area contributed by atoms with E-state index in [2.05, 4.69) is 10.3 Å². The maximum Gasteiger partial charge on any atom is 0.139 e. The Morgan fingerprint density at radius 1 is 1.27 bits per heavy atom. The number of carbonyl (C=O) groups excluding carboxylic acids is 1.